The predicted octanol–water partition coefficient (Wildman–Crippen LogP) is 12.5. The van der Waals surface area contributed by atoms with Crippen LogP contribution in [0.4, 0.5) is 0 Å². The summed E-state index contributed by atoms with van der Waals surface area (Å²) in [4.78, 5) is 0. The minimum atomic E-state index is -2.17. The Morgan fingerprint density at radius 3 is 0.279 bits per heavy atom. The Morgan fingerprint density at radius 1 is 0.233 bits per heavy atom. The number of rotatable bonds is 0. The van der Waals surface area contributed by atoms with E-state index in [0.29, 0.717) is 46.4 Å². The summed E-state index contributed by atoms with van der Waals surface area (Å²) in [6, 6.07) is 0. The summed E-state index contributed by atoms with van der Waals surface area (Å²) in [5, 5.41) is 25.6. The maximum Gasteiger partial charge on any atom is 0.631 e. The fraction of sp³-hybridized carbons (Fsp3) is 1.00. The summed E-state index contributed by atoms with van der Waals surface area (Å²) in [6.45, 7) is 64.4. The standard InChI is InChI=1S/3C12H27P.BH3O3/c3*1-10(2,3)13(11(4,5)6)12(7,8)9;2-1(3)4/h3*1-9H3;2-4H. The first kappa shape index (κ1) is 51.1. The fourth-order valence-electron chi connectivity index (χ4n) is 9.06. The first-order chi connectivity index (χ1) is 17.8. The van der Waals surface area contributed by atoms with Crippen molar-refractivity contribution in [1.29, 1.82) is 0 Å². The third-order valence-corrected chi connectivity index (χ3v) is 18.1. The molecule has 0 aromatic heterocycles. The normalized spacial score (nSPS) is 14.4. The molecule has 43 heavy (non-hydrogen) atoms. The number of hydrogen-bond donors (Lipinski definition) is 3. The molecule has 0 aliphatic heterocycles. The lowest BCUT2D eigenvalue weighted by atomic mass is 10.2. The van der Waals surface area contributed by atoms with Crippen LogP contribution in [0.15, 0.2) is 0 Å². The molecule has 0 aliphatic carbocycles. The van der Waals surface area contributed by atoms with E-state index in [-0.39, 0.29) is 23.8 Å². The average molecular weight is 669 g/mol. The highest BCUT2D eigenvalue weighted by atomic mass is 31.1. The Kier molecular flexibility index (Phi) is 20.3. The lowest BCUT2D eigenvalue weighted by molar-refractivity contribution is 0.278. The molecule has 3 N–H and O–H groups in total. The predicted molar refractivity (Wildman–Crippen MR) is 211 cm³/mol. The lowest BCUT2D eigenvalue weighted by Crippen LogP contribution is -2.34. The second-order valence-electron chi connectivity index (χ2n) is 20.9. The Hall–Kier alpha value is 1.23. The third kappa shape index (κ3) is 24.1. The monoisotopic (exact) mass is 669 g/mol. The zero-order valence-corrected chi connectivity index (χ0v) is 37.4. The minimum Gasteiger partial charge on any atom is -0.402 e. The molecule has 264 valence electrons. The number of hydrogen-bond acceptors (Lipinski definition) is 3. The van der Waals surface area contributed by atoms with Crippen LogP contribution >= 0.6 is 23.8 Å². The van der Waals surface area contributed by atoms with Crippen molar-refractivity contribution in [2.45, 2.75) is 233 Å². The van der Waals surface area contributed by atoms with E-state index < -0.39 is 7.32 Å². The molecule has 0 rings (SSSR count). The van der Waals surface area contributed by atoms with Gasteiger partial charge in [-0.05, 0) is 46.4 Å². The highest BCUT2D eigenvalue weighted by Gasteiger charge is 2.43. The Morgan fingerprint density at radius 2 is 0.279 bits per heavy atom. The van der Waals surface area contributed by atoms with Crippen molar-refractivity contribution in [3.8, 4) is 0 Å². The highest BCUT2D eigenvalue weighted by molar-refractivity contribution is 7.63. The van der Waals surface area contributed by atoms with Crippen molar-refractivity contribution in [2.24, 2.45) is 0 Å². The van der Waals surface area contributed by atoms with Gasteiger partial charge in [-0.3, -0.25) is 0 Å². The summed E-state index contributed by atoms with van der Waals surface area (Å²) in [5.41, 5.74) is 0. The van der Waals surface area contributed by atoms with Crippen LogP contribution in [0.25, 0.3) is 0 Å². The molecule has 0 aliphatic rings. The van der Waals surface area contributed by atoms with Crippen molar-refractivity contribution in [1.82, 2.24) is 0 Å². The van der Waals surface area contributed by atoms with Gasteiger partial charge in [0.25, 0.3) is 0 Å². The van der Waals surface area contributed by atoms with Gasteiger partial charge in [-0.1, -0.05) is 211 Å². The van der Waals surface area contributed by atoms with E-state index in [0.717, 1.165) is 0 Å². The van der Waals surface area contributed by atoms with Crippen LogP contribution < -0.4 is 0 Å². The molecule has 0 saturated heterocycles. The molecule has 0 radical (unpaired) electrons. The molecule has 3 nitrogen and oxygen atoms in total. The van der Waals surface area contributed by atoms with Crippen LogP contribution in [0.3, 0.4) is 0 Å². The molecule has 0 unspecified atom stereocenters. The van der Waals surface area contributed by atoms with Gasteiger partial charge in [0.1, 0.15) is 0 Å². The zero-order chi connectivity index (χ0) is 36.8. The van der Waals surface area contributed by atoms with Gasteiger partial charge in [0.05, 0.1) is 0 Å². The van der Waals surface area contributed by atoms with E-state index in [1.165, 1.54) is 0 Å². The van der Waals surface area contributed by atoms with Crippen LogP contribution in [-0.4, -0.2) is 68.8 Å². The van der Waals surface area contributed by atoms with Crippen LogP contribution in [0.1, 0.15) is 187 Å². The van der Waals surface area contributed by atoms with E-state index >= 15 is 0 Å². The largest absolute Gasteiger partial charge is 0.631 e. The first-order valence-electron chi connectivity index (χ1n) is 16.3. The molecule has 0 aromatic rings. The second kappa shape index (κ2) is 17.1. The molecule has 0 aromatic carbocycles. The lowest BCUT2D eigenvalue weighted by Gasteiger charge is -2.49. The van der Waals surface area contributed by atoms with E-state index in [9.17, 15) is 0 Å². The molecule has 0 spiro atoms. The maximum absolute atomic E-state index is 7.17. The topological polar surface area (TPSA) is 60.7 Å². The molecule has 0 bridgehead atoms. The average Bonchev–Trinajstić information content (AvgIpc) is 2.38. The van der Waals surface area contributed by atoms with Crippen LogP contribution in [0, 0.1) is 0 Å². The maximum atomic E-state index is 7.17. The van der Waals surface area contributed by atoms with Crippen molar-refractivity contribution < 1.29 is 15.1 Å². The van der Waals surface area contributed by atoms with Gasteiger partial charge in [-0.15, -0.1) is 0 Å². The van der Waals surface area contributed by atoms with Crippen molar-refractivity contribution in [2.75, 3.05) is 0 Å². The summed E-state index contributed by atoms with van der Waals surface area (Å²) >= 11 is 0. The summed E-state index contributed by atoms with van der Waals surface area (Å²) < 4.78 is 0. The minimum absolute atomic E-state index is 0.0162. The van der Waals surface area contributed by atoms with E-state index in [4.69, 9.17) is 15.1 Å². The van der Waals surface area contributed by atoms with Crippen molar-refractivity contribution in [3.05, 3.63) is 0 Å². The van der Waals surface area contributed by atoms with Gasteiger partial charge < -0.3 is 15.1 Å². The summed E-state index contributed by atoms with van der Waals surface area (Å²) in [5.74, 6) is 0. The molecular weight excluding hydrogens is 584 g/mol. The SMILES string of the molecule is CC(C)(C)P(C(C)(C)C)C(C)(C)C.CC(C)(C)P(C(C)(C)C)C(C)(C)C.CC(C)(C)P(C(C)(C)C)C(C)(C)C.OB(O)O. The van der Waals surface area contributed by atoms with Gasteiger partial charge in [0.15, 0.2) is 0 Å². The van der Waals surface area contributed by atoms with Gasteiger partial charge in [0.2, 0.25) is 0 Å². The van der Waals surface area contributed by atoms with Crippen molar-refractivity contribution >= 4 is 31.1 Å². The zero-order valence-electron chi connectivity index (χ0n) is 34.8. The van der Waals surface area contributed by atoms with E-state index in [1.54, 1.807) is 0 Å². The van der Waals surface area contributed by atoms with Crippen molar-refractivity contribution in [3.63, 3.8) is 0 Å². The Bertz CT molecular complexity index is 546. The van der Waals surface area contributed by atoms with Crippen LogP contribution in [-0.2, 0) is 0 Å². The van der Waals surface area contributed by atoms with Crippen LogP contribution in [0.5, 0.6) is 0 Å². The smallest absolute Gasteiger partial charge is 0.402 e. The summed E-state index contributed by atoms with van der Waals surface area (Å²) in [7, 11) is -2.12. The fourth-order valence-corrected chi connectivity index (χ4v) is 27.2. The molecule has 0 saturated carbocycles. The Balaban J connectivity index is -0.000000249. The molecule has 0 atom stereocenters. The second-order valence-corrected chi connectivity index (χ2v) is 35.0. The molecule has 7 heteroatoms. The molecular formula is C36H84BO3P3. The van der Waals surface area contributed by atoms with Gasteiger partial charge in [-0.25, -0.2) is 0 Å². The van der Waals surface area contributed by atoms with Gasteiger partial charge in [0, 0.05) is 0 Å². The summed E-state index contributed by atoms with van der Waals surface area (Å²) in [6.07, 6.45) is 0. The highest BCUT2D eigenvalue weighted by Crippen LogP contribution is 2.68. The van der Waals surface area contributed by atoms with Crippen LogP contribution in [0.2, 0.25) is 0 Å². The van der Waals surface area contributed by atoms with Gasteiger partial charge >= 0.3 is 7.32 Å². The molecule has 0 heterocycles. The third-order valence-electron chi connectivity index (χ3n) is 6.04. The quantitative estimate of drug-likeness (QED) is 0.178. The van der Waals surface area contributed by atoms with E-state index in [2.05, 4.69) is 187 Å². The van der Waals surface area contributed by atoms with E-state index in [1.807, 2.05) is 0 Å². The Labute approximate surface area is 278 Å². The molecule has 0 fully saturated rings. The van der Waals surface area contributed by atoms with Gasteiger partial charge in [-0.2, -0.15) is 0 Å². The molecule has 0 amide bonds. The first-order valence-corrected chi connectivity index (χ1v) is 20.3.